The summed E-state index contributed by atoms with van der Waals surface area (Å²) in [7, 11) is 3.77. The predicted molar refractivity (Wildman–Crippen MR) is 330 cm³/mol. The van der Waals surface area contributed by atoms with Crippen LogP contribution in [0.4, 0.5) is 9.59 Å². The van der Waals surface area contributed by atoms with E-state index in [1.807, 2.05) is 206 Å². The standard InChI is InChI=1S/C23H42BN3O5.C22H40BN3O5.C12H21BN2O3.C2H6/c1-12-14-27(20(28)30-21(4,5)6)15-16(3)29-19-18(17(13-2)25-26(19)11)24-31-22(7,8)23(9,10)32-24;1-12-25(19(27)29-20(5,6)7)14-15(3)28-18-17(16(4)24-26(18)13-2)23-30-21(8,9)22(10,11)31-23;1-8-9(10(16-7)15(6)14-8)13-17-11(2,3)12(4,5)18-13;1-2/h16H,12-15H2,1-11H3;15H,12-14H2,1-11H3;1-7H3;1-2H3. The molecule has 2 amide bonds. The number of hydrogen-bond donors (Lipinski definition) is 0. The minimum absolute atomic E-state index is 0.282. The summed E-state index contributed by atoms with van der Waals surface area (Å²) >= 11 is 0. The van der Waals surface area contributed by atoms with Gasteiger partial charge in [0.15, 0.2) is 0 Å². The summed E-state index contributed by atoms with van der Waals surface area (Å²) in [5, 5.41) is 13.6. The number of carbonyl (C=O) groups excluding carboxylic acids is 2. The van der Waals surface area contributed by atoms with E-state index in [0.717, 1.165) is 46.3 Å². The zero-order valence-corrected chi connectivity index (χ0v) is 57.2. The van der Waals surface area contributed by atoms with Crippen LogP contribution in [0.2, 0.25) is 0 Å². The molecule has 83 heavy (non-hydrogen) atoms. The third-order valence-corrected chi connectivity index (χ3v) is 15.5. The van der Waals surface area contributed by atoms with Gasteiger partial charge >= 0.3 is 33.5 Å². The summed E-state index contributed by atoms with van der Waals surface area (Å²) in [5.74, 6) is 1.91. The van der Waals surface area contributed by atoms with Gasteiger partial charge in [0.25, 0.3) is 0 Å². The van der Waals surface area contributed by atoms with E-state index in [1.165, 1.54) is 0 Å². The van der Waals surface area contributed by atoms with Crippen molar-refractivity contribution in [3.8, 4) is 17.6 Å². The molecule has 3 aromatic heterocycles. The van der Waals surface area contributed by atoms with Crippen LogP contribution < -0.4 is 30.6 Å². The number of likely N-dealkylation sites (N-methyl/N-ethyl adjacent to an activating group) is 1. The Morgan fingerprint density at radius 1 is 0.554 bits per heavy atom. The van der Waals surface area contributed by atoms with Crippen LogP contribution in [0.5, 0.6) is 17.6 Å². The molecule has 6 rings (SSSR count). The number of rotatable bonds is 17. The number of hydrogen-bond acceptors (Lipinski definition) is 16. The van der Waals surface area contributed by atoms with Gasteiger partial charge in [0.1, 0.15) is 23.4 Å². The van der Waals surface area contributed by atoms with Crippen LogP contribution in [0.15, 0.2) is 0 Å². The third kappa shape index (κ3) is 17.8. The average molecular weight is 1170 g/mol. The van der Waals surface area contributed by atoms with Crippen molar-refractivity contribution in [3.63, 3.8) is 0 Å². The average Bonchev–Trinajstić information content (AvgIpc) is 3.94. The van der Waals surface area contributed by atoms with Crippen molar-refractivity contribution < 1.29 is 61.2 Å². The Balaban J connectivity index is 0.000000333. The highest BCUT2D eigenvalue weighted by Gasteiger charge is 2.56. The molecule has 0 N–H and O–H groups in total. The van der Waals surface area contributed by atoms with Gasteiger partial charge in [-0.2, -0.15) is 15.3 Å². The van der Waals surface area contributed by atoms with Gasteiger partial charge in [-0.25, -0.2) is 23.6 Å². The highest BCUT2D eigenvalue weighted by atomic mass is 16.7. The summed E-state index contributed by atoms with van der Waals surface area (Å²) in [4.78, 5) is 28.5. The van der Waals surface area contributed by atoms with Crippen LogP contribution in [-0.2, 0) is 64.5 Å². The van der Waals surface area contributed by atoms with E-state index in [2.05, 4.69) is 22.2 Å². The number of amides is 2. The molecule has 2 atom stereocenters. The second kappa shape index (κ2) is 27.9. The second-order valence-corrected chi connectivity index (χ2v) is 26.5. The smallest absolute Gasteiger partial charge is 0.481 e. The lowest BCUT2D eigenvalue weighted by atomic mass is 9.78. The van der Waals surface area contributed by atoms with Crippen LogP contribution in [0.25, 0.3) is 0 Å². The Labute approximate surface area is 500 Å². The van der Waals surface area contributed by atoms with Crippen molar-refractivity contribution >= 4 is 49.9 Å². The van der Waals surface area contributed by atoms with Crippen LogP contribution in [-0.4, -0.2) is 163 Å². The number of methoxy groups -OCH3 is 1. The first-order chi connectivity index (χ1) is 37.9. The van der Waals surface area contributed by atoms with E-state index >= 15 is 0 Å². The molecule has 0 aromatic carbocycles. The van der Waals surface area contributed by atoms with Gasteiger partial charge in [-0.05, 0) is 179 Å². The molecule has 3 aliphatic rings. The van der Waals surface area contributed by atoms with Gasteiger partial charge in [-0.1, -0.05) is 27.7 Å². The Morgan fingerprint density at radius 2 is 0.904 bits per heavy atom. The van der Waals surface area contributed by atoms with E-state index < -0.39 is 55.0 Å². The summed E-state index contributed by atoms with van der Waals surface area (Å²) in [5.41, 5.74) is 1.40. The Morgan fingerprint density at radius 3 is 1.27 bits per heavy atom. The van der Waals surface area contributed by atoms with Gasteiger partial charge in [-0.3, -0.25) is 0 Å². The number of carbonyl (C=O) groups is 2. The summed E-state index contributed by atoms with van der Waals surface area (Å²) in [6, 6.07) is 0. The fourth-order valence-electron chi connectivity index (χ4n) is 9.04. The lowest BCUT2D eigenvalue weighted by Gasteiger charge is -2.32. The van der Waals surface area contributed by atoms with Crippen LogP contribution in [0.1, 0.15) is 204 Å². The minimum atomic E-state index is -0.569. The topological polar surface area (TPSA) is 196 Å². The number of nitrogens with zero attached hydrogens (tertiary/aromatic N) is 8. The molecule has 0 spiro atoms. The third-order valence-electron chi connectivity index (χ3n) is 15.5. The SMILES string of the molecule is CC.CCCN(CC(C)Oc1c(B2OC(C)(C)C(C)(C)O2)c(CC)nn1C)C(=O)OC(C)(C)C.CCN(CC(C)Oc1c(B2OC(C)(C)C(C)(C)O2)c(C)nn1CC)C(=O)OC(C)(C)C.COc1c(B2OC(C)(C)C(C)(C)O2)c(C)nn1C. The van der Waals surface area contributed by atoms with E-state index in [1.54, 1.807) is 26.3 Å². The molecular weight excluding hydrogens is 1060 g/mol. The molecule has 3 saturated heterocycles. The van der Waals surface area contributed by atoms with Crippen LogP contribution in [0.3, 0.4) is 0 Å². The molecule has 0 aliphatic carbocycles. The molecule has 24 heteroatoms. The Kier molecular flexibility index (Phi) is 24.5. The second-order valence-electron chi connectivity index (χ2n) is 26.5. The fourth-order valence-corrected chi connectivity index (χ4v) is 9.04. The molecule has 3 fully saturated rings. The highest BCUT2D eigenvalue weighted by Crippen LogP contribution is 2.40. The van der Waals surface area contributed by atoms with Crippen molar-refractivity contribution in [2.75, 3.05) is 33.3 Å². The van der Waals surface area contributed by atoms with E-state index in [9.17, 15) is 9.59 Å². The summed E-state index contributed by atoms with van der Waals surface area (Å²) in [6.07, 6.45) is 0.309. The van der Waals surface area contributed by atoms with Crippen molar-refractivity contribution in [3.05, 3.63) is 17.1 Å². The minimum Gasteiger partial charge on any atom is -0.481 e. The number of aromatic nitrogens is 6. The first kappa shape index (κ1) is 72.8. The van der Waals surface area contributed by atoms with Gasteiger partial charge in [-0.15, -0.1) is 0 Å². The molecular formula is C59H109B3N8O13. The predicted octanol–water partition coefficient (Wildman–Crippen LogP) is 9.29. The van der Waals surface area contributed by atoms with Gasteiger partial charge in [0.2, 0.25) is 17.6 Å². The van der Waals surface area contributed by atoms with Crippen LogP contribution in [0, 0.1) is 13.8 Å². The monoisotopic (exact) mass is 1170 g/mol. The fraction of sp³-hybridized carbons (Fsp3) is 0.814. The van der Waals surface area contributed by atoms with Crippen molar-refractivity contribution in [2.24, 2.45) is 14.1 Å². The Bertz CT molecular complexity index is 2550. The zero-order chi connectivity index (χ0) is 64.0. The Hall–Kier alpha value is -4.48. The maximum atomic E-state index is 12.7. The van der Waals surface area contributed by atoms with Gasteiger partial charge in [0, 0.05) is 33.7 Å². The lowest BCUT2D eigenvalue weighted by Crippen LogP contribution is -2.43. The number of aryl methyl sites for hydroxylation is 6. The molecule has 0 bridgehead atoms. The largest absolute Gasteiger partial charge is 0.502 e. The van der Waals surface area contributed by atoms with Crippen molar-refractivity contribution in [2.45, 2.75) is 270 Å². The zero-order valence-electron chi connectivity index (χ0n) is 57.2. The van der Waals surface area contributed by atoms with E-state index in [0.29, 0.717) is 50.4 Å². The molecule has 0 saturated carbocycles. The van der Waals surface area contributed by atoms with Crippen molar-refractivity contribution in [1.29, 1.82) is 0 Å². The summed E-state index contributed by atoms with van der Waals surface area (Å²) < 4.78 is 71.6. The van der Waals surface area contributed by atoms with Crippen LogP contribution >= 0.6 is 0 Å². The molecule has 0 radical (unpaired) electrons. The molecule has 21 nitrogen and oxygen atoms in total. The quantitative estimate of drug-likeness (QED) is 0.116. The molecule has 3 aliphatic heterocycles. The van der Waals surface area contributed by atoms with E-state index in [4.69, 9.17) is 51.6 Å². The highest BCUT2D eigenvalue weighted by molar-refractivity contribution is 6.64. The normalized spacial score (nSPS) is 18.9. The van der Waals surface area contributed by atoms with Gasteiger partial charge in [0.05, 0.1) is 87.3 Å². The lowest BCUT2D eigenvalue weighted by molar-refractivity contribution is 0.00578. The van der Waals surface area contributed by atoms with Gasteiger partial charge < -0.3 is 61.4 Å². The maximum absolute atomic E-state index is 12.7. The molecule has 3 aromatic rings. The molecule has 6 heterocycles. The number of ether oxygens (including phenoxy) is 5. The first-order valence-electron chi connectivity index (χ1n) is 30.0. The first-order valence-corrected chi connectivity index (χ1v) is 30.0. The van der Waals surface area contributed by atoms with E-state index in [-0.39, 0.29) is 35.6 Å². The van der Waals surface area contributed by atoms with Crippen molar-refractivity contribution in [1.82, 2.24) is 39.1 Å². The molecule has 472 valence electrons. The summed E-state index contributed by atoms with van der Waals surface area (Å²) in [6.45, 7) is 57.9. The molecule has 2 unspecified atom stereocenters. The maximum Gasteiger partial charge on any atom is 0.502 e.